The third-order valence-electron chi connectivity index (χ3n) is 6.70. The van der Waals surface area contributed by atoms with Gasteiger partial charge < -0.3 is 20.1 Å². The molecule has 2 heterocycles. The fourth-order valence-electron chi connectivity index (χ4n) is 4.56. The van der Waals surface area contributed by atoms with Crippen molar-refractivity contribution in [2.75, 3.05) is 34.7 Å². The van der Waals surface area contributed by atoms with Crippen molar-refractivity contribution in [3.05, 3.63) is 83.9 Å². The van der Waals surface area contributed by atoms with Crippen molar-refractivity contribution in [3.8, 4) is 11.8 Å². The van der Waals surface area contributed by atoms with Crippen molar-refractivity contribution in [3.63, 3.8) is 0 Å². The smallest absolute Gasteiger partial charge is 0.322 e. The van der Waals surface area contributed by atoms with Crippen molar-refractivity contribution in [1.82, 2.24) is 15.0 Å². The number of hydrogen-bond donors (Lipinski definition) is 2. The van der Waals surface area contributed by atoms with E-state index in [0.717, 1.165) is 37.1 Å². The topological polar surface area (TPSA) is 121 Å². The molecule has 2 N–H and O–H groups in total. The number of nitrogens with zero attached hydrogens (tertiary/aromatic N) is 5. The summed E-state index contributed by atoms with van der Waals surface area (Å²) in [5, 5.41) is 14.2. The molecule has 1 saturated heterocycles. The van der Waals surface area contributed by atoms with E-state index < -0.39 is 10.0 Å². The molecule has 208 valence electrons. The van der Waals surface area contributed by atoms with Crippen molar-refractivity contribution >= 4 is 33.3 Å². The summed E-state index contributed by atoms with van der Waals surface area (Å²) in [6.45, 7) is 3.65. The van der Waals surface area contributed by atoms with Crippen LogP contribution in [0.3, 0.4) is 0 Å². The quantitative estimate of drug-likeness (QED) is 0.291. The molecule has 0 spiro atoms. The van der Waals surface area contributed by atoms with Crippen molar-refractivity contribution < 1.29 is 18.3 Å². The molecule has 0 amide bonds. The maximum Gasteiger partial charge on any atom is 0.322 e. The Morgan fingerprint density at radius 3 is 2.35 bits per heavy atom. The van der Waals surface area contributed by atoms with Gasteiger partial charge in [0.25, 0.3) is 10.0 Å². The lowest BCUT2D eigenvalue weighted by atomic mass is 10.1. The summed E-state index contributed by atoms with van der Waals surface area (Å²) >= 11 is 0. The largest absolute Gasteiger partial charge is 0.506 e. The van der Waals surface area contributed by atoms with E-state index >= 15 is 0 Å². The number of benzene rings is 3. The van der Waals surface area contributed by atoms with Gasteiger partial charge in [-0.05, 0) is 56.0 Å². The predicted octanol–water partition coefficient (Wildman–Crippen LogP) is 5.02. The second-order valence-corrected chi connectivity index (χ2v) is 11.5. The minimum absolute atomic E-state index is 0.0429. The Balaban J connectivity index is 1.47. The number of aryl methyl sites for hydroxylation is 1. The molecule has 1 aliphatic rings. The van der Waals surface area contributed by atoms with Crippen molar-refractivity contribution in [2.24, 2.45) is 0 Å². The van der Waals surface area contributed by atoms with Crippen LogP contribution < -0.4 is 19.3 Å². The number of nitrogens with one attached hydrogen (secondary N) is 1. The maximum absolute atomic E-state index is 13.8. The Morgan fingerprint density at radius 1 is 0.950 bits per heavy atom. The predicted molar refractivity (Wildman–Crippen MR) is 155 cm³/mol. The summed E-state index contributed by atoms with van der Waals surface area (Å²) in [5.41, 5.74) is 2.36. The Morgan fingerprint density at radius 2 is 1.68 bits per heavy atom. The van der Waals surface area contributed by atoms with E-state index in [1.165, 1.54) is 23.9 Å². The molecule has 10 nitrogen and oxygen atoms in total. The van der Waals surface area contributed by atoms with Gasteiger partial charge in [0.05, 0.1) is 24.2 Å². The van der Waals surface area contributed by atoms with Gasteiger partial charge in [-0.2, -0.15) is 15.0 Å². The van der Waals surface area contributed by atoms with Gasteiger partial charge in [-0.1, -0.05) is 48.0 Å². The molecule has 1 fully saturated rings. The molecule has 5 rings (SSSR count). The van der Waals surface area contributed by atoms with Gasteiger partial charge >= 0.3 is 6.01 Å². The number of rotatable bonds is 9. The lowest BCUT2D eigenvalue weighted by molar-refractivity contribution is 0.378. The highest BCUT2D eigenvalue weighted by molar-refractivity contribution is 7.92. The number of ether oxygens (including phenoxy) is 1. The maximum atomic E-state index is 13.8. The van der Waals surface area contributed by atoms with E-state index in [9.17, 15) is 13.5 Å². The standard InChI is InChI=1S/C29H32N6O4S/c1-21-11-14-24(15-12-21)40(37,38)35(20-22-9-5-3-6-10-22)25-16-13-23(19-26(25)36)30-27-31-28(33-29(32-27)39-2)34-17-7-4-8-18-34/h3,5-6,9-16,19,36H,4,7-8,17-18,20H2,1-2H3,(H,30,31,32,33). The van der Waals surface area contributed by atoms with Crippen LogP contribution >= 0.6 is 0 Å². The van der Waals surface area contributed by atoms with Crippen LogP contribution in [0.1, 0.15) is 30.4 Å². The van der Waals surface area contributed by atoms with Crippen LogP contribution in [0.15, 0.2) is 77.7 Å². The Labute approximate surface area is 234 Å². The lowest BCUT2D eigenvalue weighted by Crippen LogP contribution is -2.31. The van der Waals surface area contributed by atoms with Gasteiger partial charge in [0.15, 0.2) is 0 Å². The van der Waals surface area contributed by atoms with Crippen molar-refractivity contribution in [2.45, 2.75) is 37.6 Å². The molecule has 0 unspecified atom stereocenters. The zero-order valence-electron chi connectivity index (χ0n) is 22.5. The molecule has 0 bridgehead atoms. The summed E-state index contributed by atoms with van der Waals surface area (Å²) in [6, 6.07) is 20.8. The van der Waals surface area contributed by atoms with E-state index in [-0.39, 0.29) is 34.8 Å². The normalized spacial score (nSPS) is 13.6. The van der Waals surface area contributed by atoms with Crippen LogP contribution in [0.25, 0.3) is 0 Å². The summed E-state index contributed by atoms with van der Waals surface area (Å²) in [6.07, 6.45) is 3.31. The fraction of sp³-hybridized carbons (Fsp3) is 0.276. The van der Waals surface area contributed by atoms with Gasteiger partial charge in [-0.15, -0.1) is 0 Å². The Hall–Kier alpha value is -4.38. The summed E-state index contributed by atoms with van der Waals surface area (Å²) in [5.74, 6) is 0.565. The van der Waals surface area contributed by atoms with Gasteiger partial charge in [0.1, 0.15) is 5.75 Å². The first-order valence-electron chi connectivity index (χ1n) is 13.1. The zero-order chi connectivity index (χ0) is 28.1. The molecule has 40 heavy (non-hydrogen) atoms. The Bertz CT molecular complexity index is 1560. The number of methoxy groups -OCH3 is 1. The molecule has 3 aromatic carbocycles. The number of piperidine rings is 1. The minimum atomic E-state index is -3.99. The molecule has 1 aliphatic heterocycles. The third kappa shape index (κ3) is 6.09. The molecular weight excluding hydrogens is 528 g/mol. The van der Waals surface area contributed by atoms with Crippen LogP contribution in [-0.4, -0.2) is 48.7 Å². The van der Waals surface area contributed by atoms with E-state index in [2.05, 4.69) is 25.2 Å². The fourth-order valence-corrected chi connectivity index (χ4v) is 6.02. The van der Waals surface area contributed by atoms with Crippen LogP contribution in [0, 0.1) is 6.92 Å². The first-order valence-corrected chi connectivity index (χ1v) is 14.6. The third-order valence-corrected chi connectivity index (χ3v) is 8.48. The van der Waals surface area contributed by atoms with Crippen LogP contribution in [0.5, 0.6) is 11.8 Å². The summed E-state index contributed by atoms with van der Waals surface area (Å²) in [4.78, 5) is 15.5. The minimum Gasteiger partial charge on any atom is -0.506 e. The van der Waals surface area contributed by atoms with Crippen molar-refractivity contribution in [1.29, 1.82) is 0 Å². The molecule has 1 aromatic heterocycles. The molecule has 0 atom stereocenters. The van der Waals surface area contributed by atoms with E-state index in [1.54, 1.807) is 36.4 Å². The van der Waals surface area contributed by atoms with Crippen LogP contribution in [-0.2, 0) is 16.6 Å². The molecule has 11 heteroatoms. The molecular formula is C29H32N6O4S. The number of hydrogen-bond acceptors (Lipinski definition) is 9. The second kappa shape index (κ2) is 11.8. The number of aromatic nitrogens is 3. The van der Waals surface area contributed by atoms with Gasteiger partial charge in [-0.3, -0.25) is 4.31 Å². The number of aromatic hydroxyl groups is 1. The van der Waals surface area contributed by atoms with E-state index in [1.807, 2.05) is 37.3 Å². The number of sulfonamides is 1. The zero-order valence-corrected chi connectivity index (χ0v) is 23.3. The number of phenols is 1. The lowest BCUT2D eigenvalue weighted by Gasteiger charge is -2.27. The molecule has 0 saturated carbocycles. The molecule has 0 radical (unpaired) electrons. The van der Waals surface area contributed by atoms with Gasteiger partial charge in [0, 0.05) is 24.8 Å². The monoisotopic (exact) mass is 560 g/mol. The second-order valence-electron chi connectivity index (χ2n) is 9.63. The Kier molecular flexibility index (Phi) is 8.01. The van der Waals surface area contributed by atoms with Gasteiger partial charge in [-0.25, -0.2) is 8.42 Å². The number of anilines is 4. The highest BCUT2D eigenvalue weighted by Crippen LogP contribution is 2.36. The summed E-state index contributed by atoms with van der Waals surface area (Å²) < 4.78 is 34.1. The van der Waals surface area contributed by atoms with Crippen LogP contribution in [0.2, 0.25) is 0 Å². The molecule has 0 aliphatic carbocycles. The SMILES string of the molecule is COc1nc(Nc2ccc(N(Cc3ccccc3)S(=O)(=O)c3ccc(C)cc3)c(O)c2)nc(N2CCCCC2)n1. The van der Waals surface area contributed by atoms with E-state index in [4.69, 9.17) is 4.74 Å². The molecule has 4 aromatic rings. The average Bonchev–Trinajstić information content (AvgIpc) is 2.97. The average molecular weight is 561 g/mol. The van der Waals surface area contributed by atoms with Crippen LogP contribution in [0.4, 0.5) is 23.3 Å². The van der Waals surface area contributed by atoms with E-state index in [0.29, 0.717) is 11.6 Å². The summed E-state index contributed by atoms with van der Waals surface area (Å²) in [7, 11) is -2.50. The number of phenolic OH excluding ortho intramolecular Hbond substituents is 1. The highest BCUT2D eigenvalue weighted by atomic mass is 32.2. The van der Waals surface area contributed by atoms with Gasteiger partial charge in [0.2, 0.25) is 11.9 Å². The first kappa shape index (κ1) is 27.2. The first-order chi connectivity index (χ1) is 19.3. The highest BCUT2D eigenvalue weighted by Gasteiger charge is 2.27.